The average molecular weight is 259 g/mol. The molecule has 0 bridgehead atoms. The third-order valence-electron chi connectivity index (χ3n) is 3.59. The van der Waals surface area contributed by atoms with Crippen molar-refractivity contribution in [1.82, 2.24) is 0 Å². The van der Waals surface area contributed by atoms with Gasteiger partial charge >= 0.3 is 0 Å². The van der Waals surface area contributed by atoms with Crippen LogP contribution in [0.25, 0.3) is 0 Å². The van der Waals surface area contributed by atoms with Gasteiger partial charge in [0.2, 0.25) is 0 Å². The van der Waals surface area contributed by atoms with Gasteiger partial charge in [-0.1, -0.05) is 0 Å². The highest BCUT2D eigenvalue weighted by Gasteiger charge is 2.59. The minimum atomic E-state index is -1.10. The van der Waals surface area contributed by atoms with Crippen LogP contribution in [0.5, 0.6) is 0 Å². The van der Waals surface area contributed by atoms with Crippen LogP contribution >= 0.6 is 0 Å². The van der Waals surface area contributed by atoms with Crippen molar-refractivity contribution >= 4 is 6.29 Å². The van der Waals surface area contributed by atoms with Crippen LogP contribution in [0, 0.1) is 5.21 Å². The van der Waals surface area contributed by atoms with Crippen molar-refractivity contribution in [2.75, 3.05) is 6.61 Å². The Morgan fingerprint density at radius 3 is 2.33 bits per heavy atom. The van der Waals surface area contributed by atoms with Gasteiger partial charge in [0.15, 0.2) is 29.5 Å². The maximum absolute atomic E-state index is 12.3. The Bertz CT molecular complexity index is 356. The molecule has 0 saturated carbocycles. The number of aldehydes is 1. The molecule has 2 aliphatic rings. The number of carbonyl (C=O) groups is 1. The van der Waals surface area contributed by atoms with E-state index in [9.17, 15) is 10.0 Å². The van der Waals surface area contributed by atoms with Crippen molar-refractivity contribution < 1.29 is 24.1 Å². The monoisotopic (exact) mass is 259 g/mol. The molecule has 6 heteroatoms. The normalized spacial score (nSPS) is 46.2. The second-order valence-electron chi connectivity index (χ2n) is 6.13. The van der Waals surface area contributed by atoms with E-state index in [1.807, 2.05) is 0 Å². The molecule has 0 radical (unpaired) electrons. The maximum atomic E-state index is 12.3. The summed E-state index contributed by atoms with van der Waals surface area (Å²) in [6.45, 7) is 8.85. The fourth-order valence-corrected chi connectivity index (χ4v) is 2.72. The highest BCUT2D eigenvalue weighted by atomic mass is 16.8. The molecule has 18 heavy (non-hydrogen) atoms. The number of rotatable bonds is 2. The highest BCUT2D eigenvalue weighted by Crippen LogP contribution is 2.37. The van der Waals surface area contributed by atoms with E-state index >= 15 is 0 Å². The van der Waals surface area contributed by atoms with E-state index < -0.39 is 29.3 Å². The van der Waals surface area contributed by atoms with Gasteiger partial charge in [-0.2, -0.15) is 0 Å². The van der Waals surface area contributed by atoms with E-state index in [1.54, 1.807) is 34.6 Å². The molecule has 0 aromatic carbocycles. The average Bonchev–Trinajstić information content (AvgIpc) is 2.64. The molecule has 4 atom stereocenters. The van der Waals surface area contributed by atoms with Crippen molar-refractivity contribution in [3.63, 3.8) is 0 Å². The molecule has 104 valence electrons. The lowest BCUT2D eigenvalue weighted by Crippen LogP contribution is -3.18. The summed E-state index contributed by atoms with van der Waals surface area (Å²) in [5, 5.41) is 12.2. The van der Waals surface area contributed by atoms with Gasteiger partial charge in [-0.25, -0.2) is 0 Å². The van der Waals surface area contributed by atoms with E-state index in [4.69, 9.17) is 14.2 Å². The van der Waals surface area contributed by atoms with Crippen molar-refractivity contribution in [3.05, 3.63) is 5.21 Å². The summed E-state index contributed by atoms with van der Waals surface area (Å²) in [6, 6.07) is -0.461. The van der Waals surface area contributed by atoms with Crippen LogP contribution in [-0.4, -0.2) is 42.2 Å². The molecule has 1 N–H and O–H groups in total. The summed E-state index contributed by atoms with van der Waals surface area (Å²) < 4.78 is 16.9. The minimum Gasteiger partial charge on any atom is -0.632 e. The third-order valence-corrected chi connectivity index (χ3v) is 3.59. The van der Waals surface area contributed by atoms with Crippen LogP contribution in [0.3, 0.4) is 0 Å². The van der Waals surface area contributed by atoms with Gasteiger partial charge in [0, 0.05) is 13.8 Å². The van der Waals surface area contributed by atoms with Crippen LogP contribution in [0.4, 0.5) is 0 Å². The lowest BCUT2D eigenvalue weighted by atomic mass is 9.95. The number of nitrogens with one attached hydrogen (secondary N) is 1. The Kier molecular flexibility index (Phi) is 3.07. The van der Waals surface area contributed by atoms with Gasteiger partial charge in [0.25, 0.3) is 0 Å². The maximum Gasteiger partial charge on any atom is 0.196 e. The summed E-state index contributed by atoms with van der Waals surface area (Å²) in [6.07, 6.45) is 0.115. The predicted octanol–water partition coefficient (Wildman–Crippen LogP) is -0.387. The van der Waals surface area contributed by atoms with Gasteiger partial charge in [0.1, 0.15) is 12.6 Å². The first-order valence-corrected chi connectivity index (χ1v) is 6.14. The van der Waals surface area contributed by atoms with Crippen LogP contribution in [0.1, 0.15) is 34.6 Å². The molecule has 1 unspecified atom stereocenters. The summed E-state index contributed by atoms with van der Waals surface area (Å²) in [5.74, 6) is -0.868. The summed E-state index contributed by atoms with van der Waals surface area (Å²) in [4.78, 5) is 11.3. The number of hydroxylamine groups is 2. The fraction of sp³-hybridized carbons (Fsp3) is 0.917. The van der Waals surface area contributed by atoms with Gasteiger partial charge in [-0.05, 0) is 20.8 Å². The number of hydrogen-bond donors (Lipinski definition) is 1. The molecule has 0 aromatic heterocycles. The van der Waals surface area contributed by atoms with Crippen LogP contribution < -0.4 is 5.06 Å². The molecule has 2 fully saturated rings. The fourth-order valence-electron chi connectivity index (χ4n) is 2.72. The third kappa shape index (κ3) is 2.08. The molecule has 0 spiro atoms. The lowest BCUT2D eigenvalue weighted by molar-refractivity contribution is -0.928. The first-order valence-electron chi connectivity index (χ1n) is 6.14. The Hall–Kier alpha value is -0.530. The summed E-state index contributed by atoms with van der Waals surface area (Å²) in [5.41, 5.74) is -1.92. The van der Waals surface area contributed by atoms with Gasteiger partial charge < -0.3 is 29.3 Å². The molecule has 0 aromatic rings. The molecule has 2 aliphatic heterocycles. The largest absolute Gasteiger partial charge is 0.632 e. The summed E-state index contributed by atoms with van der Waals surface area (Å²) >= 11 is 0. The highest BCUT2D eigenvalue weighted by molar-refractivity contribution is 5.64. The van der Waals surface area contributed by atoms with E-state index in [2.05, 4.69) is 0 Å². The molecule has 2 rings (SSSR count). The van der Waals surface area contributed by atoms with Crippen molar-refractivity contribution in [2.24, 2.45) is 0 Å². The lowest BCUT2D eigenvalue weighted by Gasteiger charge is -2.37. The molecular formula is C12H21NO5. The Morgan fingerprint density at radius 2 is 1.89 bits per heavy atom. The van der Waals surface area contributed by atoms with Crippen LogP contribution in [0.2, 0.25) is 0 Å². The topological polar surface area (TPSA) is 72.3 Å². The zero-order chi connectivity index (χ0) is 13.8. The second kappa shape index (κ2) is 3.98. The van der Waals surface area contributed by atoms with Crippen LogP contribution in [0.15, 0.2) is 0 Å². The SMILES string of the molecule is CC1(C)O[C@H]([C@H]2COC(C)(C)[NH+]2[O-])[C@@](C)(C=O)O1. The zero-order valence-corrected chi connectivity index (χ0v) is 11.5. The molecule has 2 heterocycles. The Morgan fingerprint density at radius 1 is 1.28 bits per heavy atom. The van der Waals surface area contributed by atoms with E-state index in [0.717, 1.165) is 0 Å². The molecule has 0 aliphatic carbocycles. The Labute approximate surface area is 107 Å². The van der Waals surface area contributed by atoms with Gasteiger partial charge in [0.05, 0.1) is 0 Å². The number of carbonyl (C=O) groups excluding carboxylic acids is 1. The summed E-state index contributed by atoms with van der Waals surface area (Å²) in [7, 11) is 0. The van der Waals surface area contributed by atoms with Gasteiger partial charge in [-0.3, -0.25) is 0 Å². The Balaban J connectivity index is 2.25. The molecular weight excluding hydrogens is 238 g/mol. The molecule has 0 amide bonds. The molecule has 6 nitrogen and oxygen atoms in total. The number of hydrogen-bond acceptors (Lipinski definition) is 5. The predicted molar refractivity (Wildman–Crippen MR) is 62.7 cm³/mol. The molecule has 2 saturated heterocycles. The number of quaternary nitrogens is 1. The number of ether oxygens (including phenoxy) is 3. The zero-order valence-electron chi connectivity index (χ0n) is 11.5. The van der Waals surface area contributed by atoms with E-state index in [0.29, 0.717) is 6.29 Å². The smallest absolute Gasteiger partial charge is 0.196 e. The first-order chi connectivity index (χ1) is 8.11. The van der Waals surface area contributed by atoms with Crippen molar-refractivity contribution in [2.45, 2.75) is 63.9 Å². The second-order valence-corrected chi connectivity index (χ2v) is 6.13. The van der Waals surface area contributed by atoms with Gasteiger partial charge in [-0.15, -0.1) is 0 Å². The van der Waals surface area contributed by atoms with Crippen LogP contribution in [-0.2, 0) is 19.0 Å². The quantitative estimate of drug-likeness (QED) is 0.540. The standard InChI is InChI=1S/C12H21NO5/c1-10(2)13(15)8(6-16-10)9-12(5,7-14)18-11(3,4)17-9/h7-9,13H,6H2,1-5H3/t8-,9-,12-/m1/s1. The van der Waals surface area contributed by atoms with Crippen molar-refractivity contribution in [3.8, 4) is 0 Å². The minimum absolute atomic E-state index is 0.0399. The first kappa shape index (κ1) is 13.9. The van der Waals surface area contributed by atoms with E-state index in [-0.39, 0.29) is 11.7 Å². The van der Waals surface area contributed by atoms with Crippen molar-refractivity contribution in [1.29, 1.82) is 0 Å². The van der Waals surface area contributed by atoms with E-state index in [1.165, 1.54) is 0 Å².